The molecule has 0 spiro atoms. The summed E-state index contributed by atoms with van der Waals surface area (Å²) in [4.78, 5) is 18.0. The SMILES string of the molecule is CN=C(NCC(=O)Nc1ccc(F)c(F)c1F)N1CCC(COC)C1.I. The fourth-order valence-electron chi connectivity index (χ4n) is 2.71. The van der Waals surface area contributed by atoms with Gasteiger partial charge < -0.3 is 20.3 Å². The molecule has 0 aliphatic carbocycles. The number of benzene rings is 1. The average molecular weight is 486 g/mol. The van der Waals surface area contributed by atoms with E-state index in [1.54, 1.807) is 14.2 Å². The second kappa shape index (κ2) is 10.6. The number of halogens is 4. The number of hydrogen-bond donors (Lipinski definition) is 2. The van der Waals surface area contributed by atoms with Crippen molar-refractivity contribution in [3.8, 4) is 0 Å². The number of hydrogen-bond acceptors (Lipinski definition) is 3. The number of nitrogens with one attached hydrogen (secondary N) is 2. The topological polar surface area (TPSA) is 66.0 Å². The van der Waals surface area contributed by atoms with Crippen LogP contribution in [0.25, 0.3) is 0 Å². The number of amides is 1. The number of rotatable bonds is 5. The molecule has 26 heavy (non-hydrogen) atoms. The van der Waals surface area contributed by atoms with Gasteiger partial charge in [-0.15, -0.1) is 24.0 Å². The van der Waals surface area contributed by atoms with Crippen LogP contribution >= 0.6 is 24.0 Å². The number of methoxy groups -OCH3 is 1. The fraction of sp³-hybridized carbons (Fsp3) is 0.500. The number of aliphatic imine (C=N–C) groups is 1. The Morgan fingerprint density at radius 3 is 2.73 bits per heavy atom. The first-order chi connectivity index (χ1) is 12.0. The Morgan fingerprint density at radius 1 is 1.35 bits per heavy atom. The van der Waals surface area contributed by atoms with Crippen molar-refractivity contribution < 1.29 is 22.7 Å². The van der Waals surface area contributed by atoms with Gasteiger partial charge in [0.05, 0.1) is 18.8 Å². The Morgan fingerprint density at radius 2 is 2.08 bits per heavy atom. The molecule has 1 aliphatic heterocycles. The smallest absolute Gasteiger partial charge is 0.243 e. The number of likely N-dealkylation sites (tertiary alicyclic amines) is 1. The summed E-state index contributed by atoms with van der Waals surface area (Å²) in [5, 5.41) is 5.07. The molecule has 0 radical (unpaired) electrons. The highest BCUT2D eigenvalue weighted by Gasteiger charge is 2.25. The van der Waals surface area contributed by atoms with Crippen LogP contribution < -0.4 is 10.6 Å². The first-order valence-electron chi connectivity index (χ1n) is 7.84. The van der Waals surface area contributed by atoms with Crippen LogP contribution in [-0.2, 0) is 9.53 Å². The Balaban J connectivity index is 0.00000338. The zero-order chi connectivity index (χ0) is 18.4. The van der Waals surface area contributed by atoms with Gasteiger partial charge in [-0.2, -0.15) is 0 Å². The highest BCUT2D eigenvalue weighted by molar-refractivity contribution is 14.0. The molecule has 1 aromatic carbocycles. The number of nitrogens with zero attached hydrogens (tertiary/aromatic N) is 2. The molecule has 0 saturated carbocycles. The summed E-state index contributed by atoms with van der Waals surface area (Å²) in [6.07, 6.45) is 0.959. The van der Waals surface area contributed by atoms with Gasteiger partial charge in [0.1, 0.15) is 0 Å². The van der Waals surface area contributed by atoms with Gasteiger partial charge in [0.25, 0.3) is 0 Å². The molecule has 10 heteroatoms. The van der Waals surface area contributed by atoms with Crippen molar-refractivity contribution >= 4 is 41.5 Å². The summed E-state index contributed by atoms with van der Waals surface area (Å²) in [6.45, 7) is 2.01. The third kappa shape index (κ3) is 5.73. The minimum atomic E-state index is -1.62. The molecule has 6 nitrogen and oxygen atoms in total. The molecule has 2 N–H and O–H groups in total. The van der Waals surface area contributed by atoms with Gasteiger partial charge in [-0.05, 0) is 18.6 Å². The van der Waals surface area contributed by atoms with Gasteiger partial charge in [-0.1, -0.05) is 0 Å². The molecule has 1 unspecified atom stereocenters. The normalized spacial score (nSPS) is 17.0. The Kier molecular flexibility index (Phi) is 9.13. The van der Waals surface area contributed by atoms with Gasteiger partial charge in [0.2, 0.25) is 5.91 Å². The minimum Gasteiger partial charge on any atom is -0.384 e. The maximum atomic E-state index is 13.6. The molecule has 0 aromatic heterocycles. The number of carbonyl (C=O) groups is 1. The first-order valence-corrected chi connectivity index (χ1v) is 7.84. The van der Waals surface area contributed by atoms with Gasteiger partial charge >= 0.3 is 0 Å². The molecule has 1 amide bonds. The van der Waals surface area contributed by atoms with E-state index in [9.17, 15) is 18.0 Å². The largest absolute Gasteiger partial charge is 0.384 e. The summed E-state index contributed by atoms with van der Waals surface area (Å²) >= 11 is 0. The lowest BCUT2D eigenvalue weighted by molar-refractivity contribution is -0.115. The Bertz CT molecular complexity index is 661. The highest BCUT2D eigenvalue weighted by atomic mass is 127. The molecule has 0 bridgehead atoms. The fourth-order valence-corrected chi connectivity index (χ4v) is 2.71. The van der Waals surface area contributed by atoms with Gasteiger partial charge in [0, 0.05) is 33.2 Å². The third-order valence-electron chi connectivity index (χ3n) is 3.92. The average Bonchev–Trinajstić information content (AvgIpc) is 3.05. The van der Waals surface area contributed by atoms with Crippen molar-refractivity contribution in [3.63, 3.8) is 0 Å². The summed E-state index contributed by atoms with van der Waals surface area (Å²) in [5.74, 6) is -4.02. The van der Waals surface area contributed by atoms with Crippen LogP contribution in [0.1, 0.15) is 6.42 Å². The second-order valence-corrected chi connectivity index (χ2v) is 5.73. The molecular formula is C16H22F3IN4O2. The highest BCUT2D eigenvalue weighted by Crippen LogP contribution is 2.19. The van der Waals surface area contributed by atoms with Crippen molar-refractivity contribution in [2.75, 3.05) is 45.7 Å². The summed E-state index contributed by atoms with van der Waals surface area (Å²) < 4.78 is 44.7. The molecule has 1 fully saturated rings. The maximum Gasteiger partial charge on any atom is 0.243 e. The van der Waals surface area contributed by atoms with E-state index < -0.39 is 29.0 Å². The van der Waals surface area contributed by atoms with Crippen molar-refractivity contribution in [1.29, 1.82) is 0 Å². The van der Waals surface area contributed by atoms with Crippen LogP contribution in [0.3, 0.4) is 0 Å². The van der Waals surface area contributed by atoms with E-state index in [4.69, 9.17) is 4.74 Å². The van der Waals surface area contributed by atoms with Crippen LogP contribution in [0.5, 0.6) is 0 Å². The van der Waals surface area contributed by atoms with E-state index in [0.29, 0.717) is 18.5 Å². The van der Waals surface area contributed by atoms with Crippen molar-refractivity contribution in [2.45, 2.75) is 6.42 Å². The molecule has 1 heterocycles. The molecule has 1 aliphatic rings. The molecule has 1 aromatic rings. The predicted octanol–water partition coefficient (Wildman–Crippen LogP) is 2.20. The van der Waals surface area contributed by atoms with E-state index in [1.807, 2.05) is 4.90 Å². The monoisotopic (exact) mass is 486 g/mol. The predicted molar refractivity (Wildman–Crippen MR) is 103 cm³/mol. The Labute approximate surface area is 167 Å². The zero-order valence-electron chi connectivity index (χ0n) is 14.5. The van der Waals surface area contributed by atoms with Crippen molar-refractivity contribution in [1.82, 2.24) is 10.2 Å². The lowest BCUT2D eigenvalue weighted by atomic mass is 10.1. The van der Waals surface area contributed by atoms with Gasteiger partial charge in [-0.3, -0.25) is 9.79 Å². The molecule has 1 atom stereocenters. The molecule has 2 rings (SSSR count). The van der Waals surface area contributed by atoms with Crippen LogP contribution in [0, 0.1) is 23.4 Å². The third-order valence-corrected chi connectivity index (χ3v) is 3.92. The standard InChI is InChI=1S/C16H21F3N4O2.HI/c1-20-16(23-6-5-10(8-23)9-25-2)21-7-13(24)22-12-4-3-11(17)14(18)15(12)19;/h3-4,10H,5-9H2,1-2H3,(H,20,21)(H,22,24);1H. The van der Waals surface area contributed by atoms with Crippen LogP contribution in [-0.4, -0.2) is 57.2 Å². The lowest BCUT2D eigenvalue weighted by Crippen LogP contribution is -2.43. The molecular weight excluding hydrogens is 464 g/mol. The summed E-state index contributed by atoms with van der Waals surface area (Å²) in [7, 11) is 3.25. The number of ether oxygens (including phenoxy) is 1. The van der Waals surface area contributed by atoms with Crippen molar-refractivity contribution in [3.05, 3.63) is 29.6 Å². The van der Waals surface area contributed by atoms with E-state index in [-0.39, 0.29) is 30.5 Å². The van der Waals surface area contributed by atoms with Gasteiger partial charge in [-0.25, -0.2) is 13.2 Å². The second-order valence-electron chi connectivity index (χ2n) is 5.73. The number of guanidine groups is 1. The van der Waals surface area contributed by atoms with E-state index >= 15 is 0 Å². The first kappa shape index (κ1) is 22.5. The van der Waals surface area contributed by atoms with Crippen LogP contribution in [0.15, 0.2) is 17.1 Å². The van der Waals surface area contributed by atoms with Gasteiger partial charge in [0.15, 0.2) is 23.4 Å². The number of anilines is 1. The molecule has 1 saturated heterocycles. The van der Waals surface area contributed by atoms with Crippen LogP contribution in [0.4, 0.5) is 18.9 Å². The van der Waals surface area contributed by atoms with E-state index in [1.165, 1.54) is 0 Å². The van der Waals surface area contributed by atoms with E-state index in [2.05, 4.69) is 15.6 Å². The van der Waals surface area contributed by atoms with Crippen LogP contribution in [0.2, 0.25) is 0 Å². The number of carbonyl (C=O) groups excluding carboxylic acids is 1. The lowest BCUT2D eigenvalue weighted by Gasteiger charge is -2.21. The molecule has 146 valence electrons. The zero-order valence-corrected chi connectivity index (χ0v) is 16.9. The minimum absolute atomic E-state index is 0. The maximum absolute atomic E-state index is 13.6. The summed E-state index contributed by atoms with van der Waals surface area (Å²) in [5.41, 5.74) is -0.415. The van der Waals surface area contributed by atoms with E-state index in [0.717, 1.165) is 31.6 Å². The Hall–Kier alpha value is -1.56. The van der Waals surface area contributed by atoms with Crippen molar-refractivity contribution in [2.24, 2.45) is 10.9 Å². The quantitative estimate of drug-likeness (QED) is 0.290. The summed E-state index contributed by atoms with van der Waals surface area (Å²) in [6, 6.07) is 1.72.